The van der Waals surface area contributed by atoms with Crippen molar-refractivity contribution < 1.29 is 8.83 Å². The normalized spacial score (nSPS) is 11.9. The second kappa shape index (κ2) is 12.2. The van der Waals surface area contributed by atoms with E-state index in [1.54, 1.807) is 0 Å². The van der Waals surface area contributed by atoms with Crippen LogP contribution in [0.4, 0.5) is 17.1 Å². The molecule has 3 nitrogen and oxygen atoms in total. The molecule has 56 heavy (non-hydrogen) atoms. The van der Waals surface area contributed by atoms with Crippen LogP contribution in [0.2, 0.25) is 0 Å². The lowest BCUT2D eigenvalue weighted by molar-refractivity contribution is 0.663. The van der Waals surface area contributed by atoms with Gasteiger partial charge in [0.2, 0.25) is 0 Å². The van der Waals surface area contributed by atoms with Crippen molar-refractivity contribution in [2.24, 2.45) is 0 Å². The summed E-state index contributed by atoms with van der Waals surface area (Å²) in [4.78, 5) is 2.41. The first-order valence-corrected chi connectivity index (χ1v) is 19.7. The molecule has 0 saturated carbocycles. The van der Waals surface area contributed by atoms with Crippen LogP contribution >= 0.6 is 11.3 Å². The van der Waals surface area contributed by atoms with Gasteiger partial charge in [0.05, 0.1) is 15.8 Å². The quantitative estimate of drug-likeness (QED) is 0.176. The lowest BCUT2D eigenvalue weighted by Gasteiger charge is -2.27. The summed E-state index contributed by atoms with van der Waals surface area (Å²) >= 11 is 1.85. The lowest BCUT2D eigenvalue weighted by atomic mass is 9.98. The molecule has 12 aromatic rings. The monoisotopic (exact) mass is 733 g/mol. The van der Waals surface area contributed by atoms with Gasteiger partial charge in [0.25, 0.3) is 0 Å². The third-order valence-corrected chi connectivity index (χ3v) is 12.5. The van der Waals surface area contributed by atoms with Gasteiger partial charge in [-0.05, 0) is 82.1 Å². The molecule has 12 rings (SSSR count). The average Bonchev–Trinajstić information content (AvgIpc) is 3.96. The van der Waals surface area contributed by atoms with Crippen LogP contribution in [0.25, 0.3) is 97.1 Å². The number of fused-ring (bicyclic) bond motifs is 11. The van der Waals surface area contributed by atoms with Crippen molar-refractivity contribution in [3.8, 4) is 22.3 Å². The number of furan rings is 2. The molecule has 0 N–H and O–H groups in total. The minimum absolute atomic E-state index is 0.832. The van der Waals surface area contributed by atoms with E-state index in [0.717, 1.165) is 72.1 Å². The molecule has 0 atom stereocenters. The number of thiophene rings is 1. The fourth-order valence-electron chi connectivity index (χ4n) is 8.71. The molecule has 3 aromatic heterocycles. The molecule has 0 saturated heterocycles. The van der Waals surface area contributed by atoms with E-state index in [-0.39, 0.29) is 0 Å². The van der Waals surface area contributed by atoms with Crippen LogP contribution in [0, 0.1) is 0 Å². The molecular formula is C52H31NO2S. The number of rotatable bonds is 5. The third-order valence-electron chi connectivity index (χ3n) is 11.3. The minimum Gasteiger partial charge on any atom is -0.456 e. The van der Waals surface area contributed by atoms with Crippen LogP contribution in [0.3, 0.4) is 0 Å². The van der Waals surface area contributed by atoms with Crippen LogP contribution < -0.4 is 4.90 Å². The largest absolute Gasteiger partial charge is 0.456 e. The Labute approximate surface area is 325 Å². The van der Waals surface area contributed by atoms with Gasteiger partial charge in [0.1, 0.15) is 22.3 Å². The number of nitrogens with zero attached hydrogens (tertiary/aromatic N) is 1. The highest BCUT2D eigenvalue weighted by Gasteiger charge is 2.21. The predicted octanol–water partition coefficient (Wildman–Crippen LogP) is 15.8. The summed E-state index contributed by atoms with van der Waals surface area (Å²) in [6.45, 7) is 0. The fourth-order valence-corrected chi connectivity index (χ4v) is 9.91. The smallest absolute Gasteiger partial charge is 0.147 e. The molecular weight excluding hydrogens is 703 g/mol. The zero-order chi connectivity index (χ0) is 36.7. The summed E-state index contributed by atoms with van der Waals surface area (Å²) in [5, 5.41) is 9.30. The Bertz CT molecular complexity index is 3490. The Morgan fingerprint density at radius 1 is 0.393 bits per heavy atom. The molecule has 262 valence electrons. The van der Waals surface area contributed by atoms with E-state index in [4.69, 9.17) is 8.83 Å². The predicted molar refractivity (Wildman–Crippen MR) is 237 cm³/mol. The van der Waals surface area contributed by atoms with Crippen LogP contribution in [-0.4, -0.2) is 0 Å². The second-order valence-corrected chi connectivity index (χ2v) is 15.5. The van der Waals surface area contributed by atoms with Gasteiger partial charge in [-0.1, -0.05) is 133 Å². The summed E-state index contributed by atoms with van der Waals surface area (Å²) in [7, 11) is 0. The first-order valence-electron chi connectivity index (χ1n) is 18.9. The highest BCUT2D eigenvalue weighted by molar-refractivity contribution is 7.26. The van der Waals surface area contributed by atoms with Gasteiger partial charge in [-0.25, -0.2) is 0 Å². The first-order chi connectivity index (χ1) is 27.8. The van der Waals surface area contributed by atoms with Gasteiger partial charge in [-0.15, -0.1) is 11.3 Å². The molecule has 0 radical (unpaired) electrons. The highest BCUT2D eigenvalue weighted by Crippen LogP contribution is 2.47. The van der Waals surface area contributed by atoms with Crippen LogP contribution in [0.5, 0.6) is 0 Å². The minimum atomic E-state index is 0.832. The maximum Gasteiger partial charge on any atom is 0.147 e. The number of para-hydroxylation sites is 2. The Morgan fingerprint density at radius 2 is 1.09 bits per heavy atom. The Kier molecular flexibility index (Phi) is 6.80. The summed E-state index contributed by atoms with van der Waals surface area (Å²) in [5.74, 6) is 0. The Morgan fingerprint density at radius 3 is 2.02 bits per heavy atom. The number of hydrogen-bond donors (Lipinski definition) is 0. The average molecular weight is 734 g/mol. The van der Waals surface area contributed by atoms with Gasteiger partial charge in [-0.3, -0.25) is 0 Å². The van der Waals surface area contributed by atoms with E-state index < -0.39 is 0 Å². The van der Waals surface area contributed by atoms with Gasteiger partial charge in [0.15, 0.2) is 0 Å². The molecule has 0 aliphatic rings. The summed E-state index contributed by atoms with van der Waals surface area (Å²) < 4.78 is 15.7. The third kappa shape index (κ3) is 4.70. The molecule has 0 fully saturated rings. The molecule has 0 amide bonds. The van der Waals surface area contributed by atoms with Crippen molar-refractivity contribution in [1.29, 1.82) is 0 Å². The van der Waals surface area contributed by atoms with Gasteiger partial charge in [-0.2, -0.15) is 0 Å². The van der Waals surface area contributed by atoms with E-state index in [1.807, 2.05) is 23.5 Å². The molecule has 0 aliphatic carbocycles. The number of hydrogen-bond acceptors (Lipinski definition) is 4. The molecule has 3 heterocycles. The standard InChI is InChI=1S/C52H31NO2S/c1-2-15-37-32(11-1)12-8-18-38(37)33-25-27-35(28-26-33)53(45-22-10-21-43-40-16-4-6-24-48(40)56-52(43)45)36-14-7-13-34(31-36)39-19-9-20-41-42-29-30-47-49(51(42)55-50(39)41)44-17-3-5-23-46(44)54-47/h1-31H. The molecule has 0 spiro atoms. The van der Waals surface area contributed by atoms with Crippen molar-refractivity contribution >= 4 is 103 Å². The molecule has 0 bridgehead atoms. The van der Waals surface area contributed by atoms with Crippen molar-refractivity contribution in [2.45, 2.75) is 0 Å². The number of anilines is 3. The first kappa shape index (κ1) is 31.2. The Hall–Kier alpha value is -7.14. The van der Waals surface area contributed by atoms with Crippen molar-refractivity contribution in [3.05, 3.63) is 188 Å². The molecule has 0 aliphatic heterocycles. The summed E-state index contributed by atoms with van der Waals surface area (Å²) in [6.07, 6.45) is 0. The zero-order valence-electron chi connectivity index (χ0n) is 30.1. The van der Waals surface area contributed by atoms with Crippen molar-refractivity contribution in [1.82, 2.24) is 0 Å². The van der Waals surface area contributed by atoms with Crippen LogP contribution in [0.1, 0.15) is 0 Å². The van der Waals surface area contributed by atoms with E-state index >= 15 is 0 Å². The van der Waals surface area contributed by atoms with E-state index in [0.29, 0.717) is 0 Å². The highest BCUT2D eigenvalue weighted by atomic mass is 32.1. The van der Waals surface area contributed by atoms with Gasteiger partial charge < -0.3 is 13.7 Å². The summed E-state index contributed by atoms with van der Waals surface area (Å²) in [5.41, 5.74) is 11.3. The topological polar surface area (TPSA) is 29.5 Å². The van der Waals surface area contributed by atoms with Gasteiger partial charge >= 0.3 is 0 Å². The molecule has 0 unspecified atom stereocenters. The van der Waals surface area contributed by atoms with Crippen LogP contribution in [0.15, 0.2) is 197 Å². The maximum atomic E-state index is 6.89. The van der Waals surface area contributed by atoms with Gasteiger partial charge in [0, 0.05) is 48.6 Å². The zero-order valence-corrected chi connectivity index (χ0v) is 30.9. The second-order valence-electron chi connectivity index (χ2n) is 14.4. The SMILES string of the molecule is c1cc(-c2cccc3c2oc2c3ccc3oc4ccccc4c32)cc(N(c2ccc(-c3cccc4ccccc34)cc2)c2cccc3c2sc2ccccc23)c1. The number of benzene rings is 9. The van der Waals surface area contributed by atoms with Crippen LogP contribution in [-0.2, 0) is 0 Å². The van der Waals surface area contributed by atoms with E-state index in [1.165, 1.54) is 42.1 Å². The molecule has 9 aromatic carbocycles. The Balaban J connectivity index is 1.05. The lowest BCUT2D eigenvalue weighted by Crippen LogP contribution is -2.10. The van der Waals surface area contributed by atoms with E-state index in [9.17, 15) is 0 Å². The van der Waals surface area contributed by atoms with Crippen molar-refractivity contribution in [2.75, 3.05) is 4.90 Å². The maximum absolute atomic E-state index is 6.89. The van der Waals surface area contributed by atoms with Crippen molar-refractivity contribution in [3.63, 3.8) is 0 Å². The molecule has 4 heteroatoms. The summed E-state index contributed by atoms with van der Waals surface area (Å²) in [6, 6.07) is 67.3. The fraction of sp³-hybridized carbons (Fsp3) is 0. The van der Waals surface area contributed by atoms with E-state index in [2.05, 4.69) is 181 Å².